The van der Waals surface area contributed by atoms with E-state index in [1.54, 1.807) is 18.3 Å². The molecule has 0 N–H and O–H groups in total. The predicted octanol–water partition coefficient (Wildman–Crippen LogP) is 1.14. The van der Waals surface area contributed by atoms with Gasteiger partial charge in [0.25, 0.3) is 0 Å². The Kier molecular flexibility index (Phi) is 4.02. The van der Waals surface area contributed by atoms with E-state index in [2.05, 4.69) is 4.98 Å². The van der Waals surface area contributed by atoms with E-state index in [0.29, 0.717) is 11.4 Å². The molecule has 5 nitrogen and oxygen atoms in total. The van der Waals surface area contributed by atoms with Crippen molar-refractivity contribution in [2.24, 2.45) is 0 Å². The second-order valence-electron chi connectivity index (χ2n) is 2.73. The standard InChI is InChI=1S/C10H15NO4/c1-12-9-8(6-5-7-11-9)10(13-2,14-3)15-4/h5-7H,1-4H3. The van der Waals surface area contributed by atoms with Gasteiger partial charge in [-0.25, -0.2) is 4.98 Å². The molecule has 1 rings (SSSR count). The lowest BCUT2D eigenvalue weighted by Crippen LogP contribution is -2.33. The molecule has 0 aliphatic heterocycles. The molecule has 1 aromatic heterocycles. The molecule has 0 saturated carbocycles. The number of nitrogens with zero attached hydrogens (tertiary/aromatic N) is 1. The number of aromatic nitrogens is 1. The second kappa shape index (κ2) is 5.06. The lowest BCUT2D eigenvalue weighted by atomic mass is 10.2. The maximum Gasteiger partial charge on any atom is 0.316 e. The highest BCUT2D eigenvalue weighted by molar-refractivity contribution is 5.28. The van der Waals surface area contributed by atoms with Gasteiger partial charge in [-0.15, -0.1) is 0 Å². The van der Waals surface area contributed by atoms with Crippen molar-refractivity contribution in [1.29, 1.82) is 0 Å². The molecule has 0 radical (unpaired) electrons. The fourth-order valence-corrected chi connectivity index (χ4v) is 1.37. The van der Waals surface area contributed by atoms with Crippen LogP contribution in [0.15, 0.2) is 18.3 Å². The molecule has 0 atom stereocenters. The average Bonchev–Trinajstić information content (AvgIpc) is 2.33. The third-order valence-corrected chi connectivity index (χ3v) is 2.10. The van der Waals surface area contributed by atoms with E-state index in [1.165, 1.54) is 28.4 Å². The Morgan fingerprint density at radius 1 is 1.07 bits per heavy atom. The summed E-state index contributed by atoms with van der Waals surface area (Å²) >= 11 is 0. The van der Waals surface area contributed by atoms with E-state index in [9.17, 15) is 0 Å². The molecule has 0 unspecified atom stereocenters. The van der Waals surface area contributed by atoms with Crippen LogP contribution in [0.5, 0.6) is 5.88 Å². The molecule has 84 valence electrons. The summed E-state index contributed by atoms with van der Waals surface area (Å²) in [6.07, 6.45) is 1.62. The molecule has 1 aromatic rings. The van der Waals surface area contributed by atoms with Crippen molar-refractivity contribution in [3.63, 3.8) is 0 Å². The zero-order valence-corrected chi connectivity index (χ0v) is 9.31. The molecule has 0 aromatic carbocycles. The van der Waals surface area contributed by atoms with Crippen molar-refractivity contribution >= 4 is 0 Å². The molecule has 1 heterocycles. The molecule has 15 heavy (non-hydrogen) atoms. The number of hydrogen-bond donors (Lipinski definition) is 0. The Labute approximate surface area is 88.9 Å². The minimum absolute atomic E-state index is 0.406. The van der Waals surface area contributed by atoms with Gasteiger partial charge in [0, 0.05) is 27.5 Å². The number of pyridine rings is 1. The fourth-order valence-electron chi connectivity index (χ4n) is 1.37. The van der Waals surface area contributed by atoms with Gasteiger partial charge in [-0.1, -0.05) is 0 Å². The van der Waals surface area contributed by atoms with Gasteiger partial charge in [0.15, 0.2) is 0 Å². The van der Waals surface area contributed by atoms with E-state index >= 15 is 0 Å². The number of methoxy groups -OCH3 is 4. The molecule has 0 aliphatic carbocycles. The minimum Gasteiger partial charge on any atom is -0.481 e. The Bertz CT molecular complexity index is 304. The monoisotopic (exact) mass is 213 g/mol. The van der Waals surface area contributed by atoms with Crippen molar-refractivity contribution in [3.05, 3.63) is 23.9 Å². The normalized spacial score (nSPS) is 11.5. The summed E-state index contributed by atoms with van der Waals surface area (Å²) in [5.41, 5.74) is 0.583. The smallest absolute Gasteiger partial charge is 0.316 e. The van der Waals surface area contributed by atoms with Crippen LogP contribution < -0.4 is 4.74 Å². The van der Waals surface area contributed by atoms with Crippen LogP contribution in [-0.2, 0) is 20.2 Å². The first-order valence-electron chi connectivity index (χ1n) is 4.39. The fraction of sp³-hybridized carbons (Fsp3) is 0.500. The minimum atomic E-state index is -1.28. The van der Waals surface area contributed by atoms with Crippen LogP contribution in [0.1, 0.15) is 5.56 Å². The van der Waals surface area contributed by atoms with Gasteiger partial charge < -0.3 is 18.9 Å². The van der Waals surface area contributed by atoms with Crippen molar-refractivity contribution in [3.8, 4) is 5.88 Å². The van der Waals surface area contributed by atoms with Crippen LogP contribution in [0.25, 0.3) is 0 Å². The Balaban J connectivity index is 3.21. The quantitative estimate of drug-likeness (QED) is 0.686. The Morgan fingerprint density at radius 3 is 2.13 bits per heavy atom. The molecular formula is C10H15NO4. The largest absolute Gasteiger partial charge is 0.481 e. The molecule has 0 spiro atoms. The first-order chi connectivity index (χ1) is 7.24. The first-order valence-corrected chi connectivity index (χ1v) is 4.39. The maximum atomic E-state index is 5.20. The van der Waals surface area contributed by atoms with Crippen molar-refractivity contribution < 1.29 is 18.9 Å². The highest BCUT2D eigenvalue weighted by Crippen LogP contribution is 2.32. The van der Waals surface area contributed by atoms with Gasteiger partial charge in [0.1, 0.15) is 5.56 Å². The number of rotatable bonds is 5. The maximum absolute atomic E-state index is 5.20. The summed E-state index contributed by atoms with van der Waals surface area (Å²) in [5.74, 6) is -0.873. The first kappa shape index (κ1) is 11.9. The molecule has 0 bridgehead atoms. The van der Waals surface area contributed by atoms with Crippen LogP contribution in [-0.4, -0.2) is 33.4 Å². The van der Waals surface area contributed by atoms with E-state index in [1.807, 2.05) is 0 Å². The van der Waals surface area contributed by atoms with E-state index in [4.69, 9.17) is 18.9 Å². The Hall–Kier alpha value is -1.17. The van der Waals surface area contributed by atoms with Gasteiger partial charge in [0.2, 0.25) is 5.88 Å². The van der Waals surface area contributed by atoms with Gasteiger partial charge >= 0.3 is 5.97 Å². The third-order valence-electron chi connectivity index (χ3n) is 2.10. The SMILES string of the molecule is COc1ncccc1C(OC)(OC)OC. The van der Waals surface area contributed by atoms with Crippen LogP contribution in [0.2, 0.25) is 0 Å². The molecular weight excluding hydrogens is 198 g/mol. The predicted molar refractivity (Wildman–Crippen MR) is 53.5 cm³/mol. The lowest BCUT2D eigenvalue weighted by molar-refractivity contribution is -0.365. The summed E-state index contributed by atoms with van der Waals surface area (Å²) in [6.45, 7) is 0. The zero-order chi connectivity index (χ0) is 11.3. The lowest BCUT2D eigenvalue weighted by Gasteiger charge is -2.29. The van der Waals surface area contributed by atoms with Crippen molar-refractivity contribution in [2.75, 3.05) is 28.4 Å². The number of ether oxygens (including phenoxy) is 4. The van der Waals surface area contributed by atoms with Crippen LogP contribution in [0, 0.1) is 0 Å². The van der Waals surface area contributed by atoms with Gasteiger partial charge in [-0.3, -0.25) is 0 Å². The summed E-state index contributed by atoms with van der Waals surface area (Å²) < 4.78 is 20.7. The molecule has 0 saturated heterocycles. The highest BCUT2D eigenvalue weighted by atomic mass is 16.9. The van der Waals surface area contributed by atoms with E-state index in [-0.39, 0.29) is 0 Å². The Morgan fingerprint density at radius 2 is 1.67 bits per heavy atom. The number of hydrogen-bond acceptors (Lipinski definition) is 5. The average molecular weight is 213 g/mol. The van der Waals surface area contributed by atoms with Crippen LogP contribution in [0.4, 0.5) is 0 Å². The van der Waals surface area contributed by atoms with Crippen LogP contribution >= 0.6 is 0 Å². The molecule has 0 fully saturated rings. The van der Waals surface area contributed by atoms with Crippen LogP contribution in [0.3, 0.4) is 0 Å². The van der Waals surface area contributed by atoms with Gasteiger partial charge in [-0.2, -0.15) is 0 Å². The summed E-state index contributed by atoms with van der Waals surface area (Å²) in [6, 6.07) is 3.52. The molecule has 5 heteroatoms. The van der Waals surface area contributed by atoms with Gasteiger partial charge in [-0.05, 0) is 12.1 Å². The molecule has 0 amide bonds. The van der Waals surface area contributed by atoms with E-state index in [0.717, 1.165) is 0 Å². The second-order valence-corrected chi connectivity index (χ2v) is 2.73. The molecule has 0 aliphatic rings. The van der Waals surface area contributed by atoms with Crippen molar-refractivity contribution in [2.45, 2.75) is 5.97 Å². The van der Waals surface area contributed by atoms with Crippen molar-refractivity contribution in [1.82, 2.24) is 4.98 Å². The summed E-state index contributed by atoms with van der Waals surface area (Å²) in [5, 5.41) is 0. The summed E-state index contributed by atoms with van der Waals surface area (Å²) in [4.78, 5) is 4.04. The summed E-state index contributed by atoms with van der Waals surface area (Å²) in [7, 11) is 5.98. The van der Waals surface area contributed by atoms with Gasteiger partial charge in [0.05, 0.1) is 7.11 Å². The zero-order valence-electron chi connectivity index (χ0n) is 9.31. The topological polar surface area (TPSA) is 49.8 Å². The third kappa shape index (κ3) is 2.09. The van der Waals surface area contributed by atoms with E-state index < -0.39 is 5.97 Å². The highest BCUT2D eigenvalue weighted by Gasteiger charge is 2.36.